The van der Waals surface area contributed by atoms with Gasteiger partial charge < -0.3 is 20.2 Å². The third-order valence-corrected chi connectivity index (χ3v) is 4.60. The molecule has 0 saturated heterocycles. The van der Waals surface area contributed by atoms with E-state index in [0.717, 1.165) is 5.52 Å². The molecule has 2 heterocycles. The van der Waals surface area contributed by atoms with Gasteiger partial charge in [0.2, 0.25) is 0 Å². The van der Waals surface area contributed by atoms with Crippen LogP contribution in [0.4, 0.5) is 18.9 Å². The molecule has 7 nitrogen and oxygen atoms in total. The number of halogens is 3. The van der Waals surface area contributed by atoms with E-state index in [4.69, 9.17) is 0 Å². The van der Waals surface area contributed by atoms with E-state index >= 15 is 0 Å². The largest absolute Gasteiger partial charge is 0.471 e. The number of aromatic amines is 1. The Balaban J connectivity index is 1.53. The Bertz CT molecular complexity index is 1260. The summed E-state index contributed by atoms with van der Waals surface area (Å²) >= 11 is 0. The Morgan fingerprint density at radius 2 is 1.87 bits per heavy atom. The summed E-state index contributed by atoms with van der Waals surface area (Å²) in [4.78, 5) is 30.9. The molecule has 4 rings (SSSR count). The summed E-state index contributed by atoms with van der Waals surface area (Å²) in [7, 11) is 0. The van der Waals surface area contributed by atoms with Gasteiger partial charge in [-0.15, -0.1) is 0 Å². The van der Waals surface area contributed by atoms with Crippen LogP contribution >= 0.6 is 0 Å². The summed E-state index contributed by atoms with van der Waals surface area (Å²) in [5.41, 5.74) is 3.23. The summed E-state index contributed by atoms with van der Waals surface area (Å²) in [6.45, 7) is -0.302. The second-order valence-electron chi connectivity index (χ2n) is 6.66. The zero-order chi connectivity index (χ0) is 22.0. The number of aromatic nitrogens is 3. The molecule has 0 saturated carbocycles. The van der Waals surface area contributed by atoms with Gasteiger partial charge in [-0.1, -0.05) is 12.1 Å². The molecule has 4 aromatic rings. The minimum Gasteiger partial charge on any atom is -0.345 e. The average molecular weight is 427 g/mol. The van der Waals surface area contributed by atoms with Gasteiger partial charge in [-0.2, -0.15) is 13.2 Å². The molecule has 0 spiro atoms. The maximum atomic E-state index is 12.7. The number of carbonyl (C=O) groups excluding carboxylic acids is 2. The van der Waals surface area contributed by atoms with E-state index in [1.807, 2.05) is 11.4 Å². The fraction of sp³-hybridized carbons (Fsp3) is 0.0952. The molecule has 158 valence electrons. The lowest BCUT2D eigenvalue weighted by Crippen LogP contribution is -2.36. The lowest BCUT2D eigenvalue weighted by molar-refractivity contribution is -0.173. The standard InChI is InChI=1S/C21H16F3N5O2/c22-21(23,24)20(31)25-11-15-6-3-9-29(15)14-5-1-4-13(10-14)28-19(30)16-7-2-8-17-18(16)27-12-26-17/h1-10,12H,11H2,(H,25,31)(H,26,27)(H,28,30). The number of alkyl halides is 3. The van der Waals surface area contributed by atoms with Crippen molar-refractivity contribution in [2.24, 2.45) is 0 Å². The van der Waals surface area contributed by atoms with Crippen molar-refractivity contribution in [1.29, 1.82) is 0 Å². The van der Waals surface area contributed by atoms with E-state index in [1.54, 1.807) is 59.3 Å². The Morgan fingerprint density at radius 1 is 1.06 bits per heavy atom. The van der Waals surface area contributed by atoms with E-state index in [-0.39, 0.29) is 12.5 Å². The summed E-state index contributed by atoms with van der Waals surface area (Å²) in [6, 6.07) is 15.3. The SMILES string of the molecule is O=C(Nc1cccc(-n2cccc2CNC(=O)C(F)(F)F)c1)c1cccc2[nH]cnc12. The van der Waals surface area contributed by atoms with Gasteiger partial charge in [0, 0.05) is 23.3 Å². The van der Waals surface area contributed by atoms with Crippen LogP contribution < -0.4 is 10.6 Å². The van der Waals surface area contributed by atoms with Crippen molar-refractivity contribution in [1.82, 2.24) is 19.9 Å². The maximum Gasteiger partial charge on any atom is 0.471 e. The number of hydrogen-bond acceptors (Lipinski definition) is 3. The highest BCUT2D eigenvalue weighted by atomic mass is 19.4. The molecule has 0 fully saturated rings. The lowest BCUT2D eigenvalue weighted by Gasteiger charge is -2.13. The van der Waals surface area contributed by atoms with Crippen molar-refractivity contribution in [3.05, 3.63) is 78.4 Å². The summed E-state index contributed by atoms with van der Waals surface area (Å²) < 4.78 is 38.9. The third kappa shape index (κ3) is 4.27. The highest BCUT2D eigenvalue weighted by Gasteiger charge is 2.38. The first-order valence-electron chi connectivity index (χ1n) is 9.18. The zero-order valence-corrected chi connectivity index (χ0v) is 15.9. The number of nitrogens with zero attached hydrogens (tertiary/aromatic N) is 2. The Labute approximate surface area is 173 Å². The molecular weight excluding hydrogens is 411 g/mol. The lowest BCUT2D eigenvalue weighted by atomic mass is 10.1. The number of H-pyrrole nitrogens is 1. The molecular formula is C21H16F3N5O2. The van der Waals surface area contributed by atoms with Gasteiger partial charge in [0.1, 0.15) is 5.52 Å². The van der Waals surface area contributed by atoms with E-state index in [2.05, 4.69) is 15.3 Å². The molecule has 0 unspecified atom stereocenters. The minimum atomic E-state index is -4.95. The van der Waals surface area contributed by atoms with Crippen LogP contribution in [0, 0.1) is 0 Å². The number of imidazole rings is 1. The smallest absolute Gasteiger partial charge is 0.345 e. The second kappa shape index (κ2) is 7.98. The van der Waals surface area contributed by atoms with E-state index in [9.17, 15) is 22.8 Å². The molecule has 0 aliphatic rings. The molecule has 0 aliphatic carbocycles. The summed E-state index contributed by atoms with van der Waals surface area (Å²) in [5.74, 6) is -2.35. The molecule has 2 aromatic heterocycles. The first-order valence-corrected chi connectivity index (χ1v) is 9.18. The second-order valence-corrected chi connectivity index (χ2v) is 6.66. The molecule has 0 atom stereocenters. The number of anilines is 1. The van der Waals surface area contributed by atoms with E-state index in [1.165, 1.54) is 6.33 Å². The van der Waals surface area contributed by atoms with Crippen LogP contribution in [0.1, 0.15) is 16.1 Å². The van der Waals surface area contributed by atoms with Crippen molar-refractivity contribution in [3.63, 3.8) is 0 Å². The van der Waals surface area contributed by atoms with Gasteiger partial charge in [-0.3, -0.25) is 9.59 Å². The molecule has 2 aromatic carbocycles. The van der Waals surface area contributed by atoms with Gasteiger partial charge in [-0.25, -0.2) is 4.98 Å². The number of para-hydroxylation sites is 1. The molecule has 0 bridgehead atoms. The van der Waals surface area contributed by atoms with Crippen LogP contribution in [0.25, 0.3) is 16.7 Å². The van der Waals surface area contributed by atoms with Crippen LogP contribution in [0.5, 0.6) is 0 Å². The van der Waals surface area contributed by atoms with Crippen LogP contribution in [0.2, 0.25) is 0 Å². The molecule has 0 aliphatic heterocycles. The van der Waals surface area contributed by atoms with Crippen molar-refractivity contribution >= 4 is 28.5 Å². The zero-order valence-electron chi connectivity index (χ0n) is 15.9. The predicted octanol–water partition coefficient (Wildman–Crippen LogP) is 3.78. The van der Waals surface area contributed by atoms with E-state index in [0.29, 0.717) is 28.1 Å². The molecule has 2 amide bonds. The molecule has 0 radical (unpaired) electrons. The number of benzene rings is 2. The van der Waals surface area contributed by atoms with Crippen LogP contribution in [0.15, 0.2) is 67.1 Å². The molecule has 3 N–H and O–H groups in total. The topological polar surface area (TPSA) is 91.8 Å². The van der Waals surface area contributed by atoms with Gasteiger partial charge in [0.15, 0.2) is 0 Å². The average Bonchev–Trinajstić information content (AvgIpc) is 3.40. The number of hydrogen-bond donors (Lipinski definition) is 3. The van der Waals surface area contributed by atoms with Crippen molar-refractivity contribution < 1.29 is 22.8 Å². The van der Waals surface area contributed by atoms with Crippen LogP contribution in [0.3, 0.4) is 0 Å². The van der Waals surface area contributed by atoms with E-state index < -0.39 is 12.1 Å². The molecule has 31 heavy (non-hydrogen) atoms. The number of carbonyl (C=O) groups is 2. The first kappa shape index (κ1) is 20.2. The highest BCUT2D eigenvalue weighted by molar-refractivity contribution is 6.11. The fourth-order valence-electron chi connectivity index (χ4n) is 3.16. The third-order valence-electron chi connectivity index (χ3n) is 4.60. The number of amides is 2. The van der Waals surface area contributed by atoms with Crippen molar-refractivity contribution in [2.45, 2.75) is 12.7 Å². The van der Waals surface area contributed by atoms with Crippen LogP contribution in [-0.2, 0) is 11.3 Å². The fourth-order valence-corrected chi connectivity index (χ4v) is 3.16. The van der Waals surface area contributed by atoms with Gasteiger partial charge >= 0.3 is 12.1 Å². The predicted molar refractivity (Wildman–Crippen MR) is 108 cm³/mol. The van der Waals surface area contributed by atoms with Crippen molar-refractivity contribution in [3.8, 4) is 5.69 Å². The van der Waals surface area contributed by atoms with Gasteiger partial charge in [-0.05, 0) is 42.5 Å². The Hall–Kier alpha value is -4.08. The monoisotopic (exact) mass is 427 g/mol. The Morgan fingerprint density at radius 3 is 2.68 bits per heavy atom. The minimum absolute atomic E-state index is 0.302. The number of nitrogens with one attached hydrogen (secondary N) is 3. The quantitative estimate of drug-likeness (QED) is 0.453. The number of fused-ring (bicyclic) bond motifs is 1. The van der Waals surface area contributed by atoms with Crippen LogP contribution in [-0.4, -0.2) is 32.5 Å². The normalized spacial score (nSPS) is 11.5. The van der Waals surface area contributed by atoms with Gasteiger partial charge in [0.25, 0.3) is 5.91 Å². The summed E-state index contributed by atoms with van der Waals surface area (Å²) in [5, 5.41) is 4.66. The Kier molecular flexibility index (Phi) is 5.20. The van der Waals surface area contributed by atoms with Gasteiger partial charge in [0.05, 0.1) is 24.0 Å². The maximum absolute atomic E-state index is 12.7. The number of rotatable bonds is 5. The first-order chi connectivity index (χ1) is 14.8. The molecule has 10 heteroatoms. The van der Waals surface area contributed by atoms with Crippen molar-refractivity contribution in [2.75, 3.05) is 5.32 Å². The highest BCUT2D eigenvalue weighted by Crippen LogP contribution is 2.21. The summed E-state index contributed by atoms with van der Waals surface area (Å²) in [6.07, 6.45) is -1.79.